The molecule has 37 heavy (non-hydrogen) atoms. The third-order valence-electron chi connectivity index (χ3n) is 7.26. The standard InChI is InChI=1S/C30H27NO6/c1-36-24-12-6-9-21(16-24)27(32)18-37-30(35)22-10-5-11-23(15-22)31-28(33)25-14-13-20(17-26(25)29(31)34)19-7-3-2-4-8-19/h2-12,15-16,20,25-26H,13-14,17-18H2,1H3/t20-,25+,26-/m0/s1. The number of methoxy groups -OCH3 is 1. The summed E-state index contributed by atoms with van der Waals surface area (Å²) in [5, 5.41) is 0. The first kappa shape index (κ1) is 24.4. The molecule has 3 aromatic rings. The lowest BCUT2D eigenvalue weighted by atomic mass is 9.73. The number of esters is 1. The van der Waals surface area contributed by atoms with Crippen molar-refractivity contribution in [1.82, 2.24) is 0 Å². The molecule has 1 saturated heterocycles. The van der Waals surface area contributed by atoms with Gasteiger partial charge in [-0.1, -0.05) is 48.5 Å². The third kappa shape index (κ3) is 4.89. The molecule has 1 aliphatic heterocycles. The average Bonchev–Trinajstić information content (AvgIpc) is 3.20. The molecule has 0 aromatic heterocycles. The van der Waals surface area contributed by atoms with E-state index in [1.54, 1.807) is 36.4 Å². The second kappa shape index (κ2) is 10.4. The fourth-order valence-corrected chi connectivity index (χ4v) is 5.33. The summed E-state index contributed by atoms with van der Waals surface area (Å²) in [5.74, 6) is -1.48. The molecule has 2 aliphatic rings. The van der Waals surface area contributed by atoms with Crippen molar-refractivity contribution in [3.05, 3.63) is 95.6 Å². The molecule has 0 N–H and O–H groups in total. The minimum Gasteiger partial charge on any atom is -0.497 e. The van der Waals surface area contributed by atoms with Crippen LogP contribution in [0.4, 0.5) is 5.69 Å². The first-order chi connectivity index (χ1) is 18.0. The highest BCUT2D eigenvalue weighted by Gasteiger charge is 2.50. The van der Waals surface area contributed by atoms with E-state index in [0.29, 0.717) is 29.8 Å². The Kier molecular flexibility index (Phi) is 6.86. The number of carbonyl (C=O) groups is 4. The predicted molar refractivity (Wildman–Crippen MR) is 137 cm³/mol. The van der Waals surface area contributed by atoms with Gasteiger partial charge < -0.3 is 9.47 Å². The average molecular weight is 498 g/mol. The van der Waals surface area contributed by atoms with Gasteiger partial charge in [-0.25, -0.2) is 4.79 Å². The van der Waals surface area contributed by atoms with E-state index in [1.807, 2.05) is 18.2 Å². The maximum absolute atomic E-state index is 13.4. The van der Waals surface area contributed by atoms with Crippen molar-refractivity contribution >= 4 is 29.3 Å². The molecule has 188 valence electrons. The quantitative estimate of drug-likeness (QED) is 0.264. The number of rotatable bonds is 7. The molecule has 0 spiro atoms. The van der Waals surface area contributed by atoms with Crippen molar-refractivity contribution in [3.8, 4) is 5.75 Å². The van der Waals surface area contributed by atoms with E-state index < -0.39 is 12.6 Å². The lowest BCUT2D eigenvalue weighted by Gasteiger charge is -2.28. The molecule has 0 radical (unpaired) electrons. The van der Waals surface area contributed by atoms with Gasteiger partial charge in [-0.2, -0.15) is 0 Å². The fourth-order valence-electron chi connectivity index (χ4n) is 5.33. The molecular formula is C30H27NO6. The van der Waals surface area contributed by atoms with Crippen LogP contribution in [0.5, 0.6) is 5.75 Å². The number of imide groups is 1. The summed E-state index contributed by atoms with van der Waals surface area (Å²) in [6, 6.07) is 22.9. The zero-order valence-electron chi connectivity index (χ0n) is 20.5. The van der Waals surface area contributed by atoms with Crippen LogP contribution in [-0.2, 0) is 14.3 Å². The molecule has 0 unspecified atom stereocenters. The monoisotopic (exact) mass is 497 g/mol. The van der Waals surface area contributed by atoms with Gasteiger partial charge in [-0.05, 0) is 61.1 Å². The topological polar surface area (TPSA) is 90.0 Å². The first-order valence-corrected chi connectivity index (χ1v) is 12.3. The molecule has 1 aliphatic carbocycles. The van der Waals surface area contributed by atoms with E-state index in [0.717, 1.165) is 6.42 Å². The molecule has 3 aromatic carbocycles. The van der Waals surface area contributed by atoms with Crippen LogP contribution in [0.3, 0.4) is 0 Å². The number of ether oxygens (including phenoxy) is 2. The summed E-state index contributed by atoms with van der Waals surface area (Å²) in [7, 11) is 1.50. The second-order valence-corrected chi connectivity index (χ2v) is 9.43. The van der Waals surface area contributed by atoms with Crippen molar-refractivity contribution in [2.24, 2.45) is 11.8 Å². The predicted octanol–water partition coefficient (Wildman–Crippen LogP) is 4.81. The van der Waals surface area contributed by atoms with Crippen LogP contribution < -0.4 is 9.64 Å². The van der Waals surface area contributed by atoms with Gasteiger partial charge >= 0.3 is 5.97 Å². The van der Waals surface area contributed by atoms with Crippen molar-refractivity contribution in [1.29, 1.82) is 0 Å². The number of ketones is 1. The van der Waals surface area contributed by atoms with Gasteiger partial charge in [-0.3, -0.25) is 19.3 Å². The largest absolute Gasteiger partial charge is 0.497 e. The van der Waals surface area contributed by atoms with Gasteiger partial charge in [0.15, 0.2) is 12.4 Å². The Hall–Kier alpha value is -4.26. The van der Waals surface area contributed by atoms with Crippen LogP contribution in [0, 0.1) is 11.8 Å². The van der Waals surface area contributed by atoms with Crippen molar-refractivity contribution in [2.75, 3.05) is 18.6 Å². The lowest BCUT2D eigenvalue weighted by Crippen LogP contribution is -2.31. The van der Waals surface area contributed by atoms with Crippen LogP contribution in [0.25, 0.3) is 0 Å². The number of amides is 2. The van der Waals surface area contributed by atoms with Crippen LogP contribution in [0.1, 0.15) is 51.5 Å². The van der Waals surface area contributed by atoms with E-state index in [2.05, 4.69) is 12.1 Å². The maximum Gasteiger partial charge on any atom is 0.338 e. The normalized spacial score (nSPS) is 20.9. The molecule has 1 heterocycles. The maximum atomic E-state index is 13.4. The van der Waals surface area contributed by atoms with Gasteiger partial charge in [0.05, 0.1) is 30.2 Å². The lowest BCUT2D eigenvalue weighted by molar-refractivity contribution is -0.122. The zero-order chi connectivity index (χ0) is 25.9. The number of hydrogen-bond acceptors (Lipinski definition) is 6. The molecule has 7 nitrogen and oxygen atoms in total. The fraction of sp³-hybridized carbons (Fsp3) is 0.267. The van der Waals surface area contributed by atoms with Crippen LogP contribution in [0.15, 0.2) is 78.9 Å². The minimum atomic E-state index is -0.709. The molecule has 0 bridgehead atoms. The molecule has 3 atom stereocenters. The highest BCUT2D eigenvalue weighted by Crippen LogP contribution is 2.45. The van der Waals surface area contributed by atoms with E-state index >= 15 is 0 Å². The second-order valence-electron chi connectivity index (χ2n) is 9.43. The molecule has 1 saturated carbocycles. The molecule has 5 rings (SSSR count). The number of anilines is 1. The van der Waals surface area contributed by atoms with E-state index in [-0.39, 0.29) is 40.9 Å². The Labute approximate surface area is 215 Å². The van der Waals surface area contributed by atoms with Crippen LogP contribution in [-0.4, -0.2) is 37.3 Å². The summed E-state index contributed by atoms with van der Waals surface area (Å²) in [5.41, 5.74) is 2.06. The molecule has 7 heteroatoms. The minimum absolute atomic E-state index is 0.161. The Morgan fingerprint density at radius 3 is 2.35 bits per heavy atom. The Bertz CT molecular complexity index is 1350. The summed E-state index contributed by atoms with van der Waals surface area (Å²) in [4.78, 5) is 53.0. The van der Waals surface area contributed by atoms with Crippen LogP contribution in [0.2, 0.25) is 0 Å². The summed E-state index contributed by atoms with van der Waals surface area (Å²) in [6.07, 6.45) is 2.13. The number of benzene rings is 3. The number of hydrogen-bond donors (Lipinski definition) is 0. The van der Waals surface area contributed by atoms with Gasteiger partial charge in [0.2, 0.25) is 11.8 Å². The van der Waals surface area contributed by atoms with E-state index in [4.69, 9.17) is 9.47 Å². The molecule has 2 amide bonds. The van der Waals surface area contributed by atoms with Gasteiger partial charge in [-0.15, -0.1) is 0 Å². The number of nitrogens with zero attached hydrogens (tertiary/aromatic N) is 1. The van der Waals surface area contributed by atoms with Crippen molar-refractivity contribution in [2.45, 2.75) is 25.2 Å². The third-order valence-corrected chi connectivity index (χ3v) is 7.26. The summed E-state index contributed by atoms with van der Waals surface area (Å²) in [6.45, 7) is -0.442. The highest BCUT2D eigenvalue weighted by molar-refractivity contribution is 6.22. The first-order valence-electron chi connectivity index (χ1n) is 12.3. The SMILES string of the molecule is COc1cccc(C(=O)COC(=O)c2cccc(N3C(=O)[C@H]4C[C@@H](c5ccccc5)CC[C@H]4C3=O)c2)c1. The Balaban J connectivity index is 1.27. The smallest absolute Gasteiger partial charge is 0.338 e. The Morgan fingerprint density at radius 1 is 0.838 bits per heavy atom. The summed E-state index contributed by atoms with van der Waals surface area (Å²) < 4.78 is 10.4. The van der Waals surface area contributed by atoms with Gasteiger partial charge in [0, 0.05) is 5.56 Å². The summed E-state index contributed by atoms with van der Waals surface area (Å²) >= 11 is 0. The van der Waals surface area contributed by atoms with Crippen molar-refractivity contribution < 1.29 is 28.7 Å². The number of Topliss-reactive ketones (excluding diaryl/α,β-unsaturated/α-hetero) is 1. The Morgan fingerprint density at radius 2 is 1.57 bits per heavy atom. The molecular weight excluding hydrogens is 470 g/mol. The number of fused-ring (bicyclic) bond motifs is 1. The van der Waals surface area contributed by atoms with Gasteiger partial charge in [0.1, 0.15) is 5.75 Å². The number of carbonyl (C=O) groups excluding carboxylic acids is 4. The molecule has 2 fully saturated rings. The van der Waals surface area contributed by atoms with Crippen molar-refractivity contribution in [3.63, 3.8) is 0 Å². The zero-order valence-corrected chi connectivity index (χ0v) is 20.5. The van der Waals surface area contributed by atoms with E-state index in [1.165, 1.54) is 29.7 Å². The highest BCUT2D eigenvalue weighted by atomic mass is 16.5. The van der Waals surface area contributed by atoms with Gasteiger partial charge in [0.25, 0.3) is 0 Å². The van der Waals surface area contributed by atoms with E-state index in [9.17, 15) is 19.2 Å². The van der Waals surface area contributed by atoms with Crippen LogP contribution >= 0.6 is 0 Å².